The number of nitrogens with one attached hydrogen (secondary N) is 1. The number of halogens is 1. The molecule has 1 N–H and O–H groups in total. The van der Waals surface area contributed by atoms with E-state index in [2.05, 4.69) is 28.2 Å². The Kier molecular flexibility index (Phi) is 7.74. The van der Waals surface area contributed by atoms with Crippen molar-refractivity contribution in [2.24, 2.45) is 5.92 Å². The fourth-order valence-electron chi connectivity index (χ4n) is 5.73. The van der Waals surface area contributed by atoms with Gasteiger partial charge in [0, 0.05) is 31.0 Å². The van der Waals surface area contributed by atoms with Crippen molar-refractivity contribution in [1.29, 1.82) is 0 Å². The van der Waals surface area contributed by atoms with Gasteiger partial charge in [-0.05, 0) is 79.5 Å². The van der Waals surface area contributed by atoms with Crippen molar-refractivity contribution in [3.63, 3.8) is 0 Å². The molecule has 4 aromatic rings. The molecule has 2 aromatic heterocycles. The van der Waals surface area contributed by atoms with Crippen LogP contribution in [0.3, 0.4) is 0 Å². The highest BCUT2D eigenvalue weighted by Gasteiger charge is 2.43. The van der Waals surface area contributed by atoms with Gasteiger partial charge in [-0.2, -0.15) is 0 Å². The average molecular weight is 604 g/mol. The van der Waals surface area contributed by atoms with Crippen LogP contribution in [0.2, 0.25) is 5.02 Å². The van der Waals surface area contributed by atoms with Gasteiger partial charge in [-0.25, -0.2) is 0 Å². The number of ether oxygens (including phenoxy) is 1. The smallest absolute Gasteiger partial charge is 0.273 e. The summed E-state index contributed by atoms with van der Waals surface area (Å²) in [6.07, 6.45) is 4.04. The van der Waals surface area contributed by atoms with Crippen LogP contribution in [0.25, 0.3) is 11.3 Å². The SMILES string of the molecule is COc1cc([N+](=O)[O-])ccc1-c1ccc([C@@H]2[C@@H](c3ccccn3)NC(=S)N2c2ccc(N3CCC(C)CC3)c(Cl)c2)o1. The van der Waals surface area contributed by atoms with Crippen LogP contribution in [-0.2, 0) is 0 Å². The van der Waals surface area contributed by atoms with E-state index in [0.29, 0.717) is 33.0 Å². The summed E-state index contributed by atoms with van der Waals surface area (Å²) < 4.78 is 11.9. The molecule has 0 aliphatic carbocycles. The first-order chi connectivity index (χ1) is 20.3. The standard InChI is InChI=1S/C31H30ClN5O4S/c1-19-12-15-35(16-13-19)25-9-7-20(17-23(25)32)36-30(29(34-31(36)42)24-5-3-4-14-33-24)27-11-10-26(41-27)22-8-6-21(37(38)39)18-28(22)40-2/h3-11,14,17-19,29-30H,12-13,15-16H2,1-2H3,(H,34,42)/t29-,30-/m1/s1. The highest BCUT2D eigenvalue weighted by molar-refractivity contribution is 7.80. The minimum atomic E-state index is -0.456. The van der Waals surface area contributed by atoms with Gasteiger partial charge in [0.2, 0.25) is 0 Å². The summed E-state index contributed by atoms with van der Waals surface area (Å²) in [5.41, 5.74) is 3.21. The number of hydrogen-bond acceptors (Lipinski definition) is 7. The Bertz CT molecular complexity index is 1620. The molecule has 0 amide bonds. The Hall–Kier alpha value is -4.15. The Morgan fingerprint density at radius 2 is 1.93 bits per heavy atom. The molecule has 0 spiro atoms. The van der Waals surface area contributed by atoms with Gasteiger partial charge in [0.25, 0.3) is 5.69 Å². The molecule has 2 saturated heterocycles. The van der Waals surface area contributed by atoms with Crippen molar-refractivity contribution in [1.82, 2.24) is 10.3 Å². The summed E-state index contributed by atoms with van der Waals surface area (Å²) >= 11 is 12.8. The summed E-state index contributed by atoms with van der Waals surface area (Å²) in [5.74, 6) is 2.22. The summed E-state index contributed by atoms with van der Waals surface area (Å²) in [6, 6.07) is 19.3. The van der Waals surface area contributed by atoms with Crippen molar-refractivity contribution in [3.8, 4) is 17.1 Å². The molecule has 0 saturated carbocycles. The lowest BCUT2D eigenvalue weighted by molar-refractivity contribution is -0.384. The van der Waals surface area contributed by atoms with Gasteiger partial charge in [-0.1, -0.05) is 24.6 Å². The Balaban J connectivity index is 1.39. The van der Waals surface area contributed by atoms with Gasteiger partial charge in [0.15, 0.2) is 5.11 Å². The number of nitro benzene ring substituents is 1. The van der Waals surface area contributed by atoms with Gasteiger partial charge in [-0.15, -0.1) is 0 Å². The highest BCUT2D eigenvalue weighted by atomic mass is 35.5. The van der Waals surface area contributed by atoms with Crippen LogP contribution in [0.1, 0.15) is 43.3 Å². The molecule has 4 heterocycles. The number of aromatic nitrogens is 1. The Morgan fingerprint density at radius 1 is 1.12 bits per heavy atom. The van der Waals surface area contributed by atoms with E-state index in [1.165, 1.54) is 19.2 Å². The largest absolute Gasteiger partial charge is 0.496 e. The summed E-state index contributed by atoms with van der Waals surface area (Å²) in [6.45, 7) is 4.25. The quantitative estimate of drug-likeness (QED) is 0.132. The minimum Gasteiger partial charge on any atom is -0.496 e. The molecule has 216 valence electrons. The van der Waals surface area contributed by atoms with E-state index < -0.39 is 4.92 Å². The molecule has 2 aliphatic heterocycles. The third-order valence-corrected chi connectivity index (χ3v) is 8.63. The van der Waals surface area contributed by atoms with Crippen LogP contribution in [-0.4, -0.2) is 35.2 Å². The molecule has 2 fully saturated rings. The number of hydrogen-bond donors (Lipinski definition) is 1. The van der Waals surface area contributed by atoms with Gasteiger partial charge < -0.3 is 24.3 Å². The van der Waals surface area contributed by atoms with Crippen molar-refractivity contribution in [2.75, 3.05) is 30.0 Å². The minimum absolute atomic E-state index is 0.0616. The number of rotatable bonds is 7. The number of piperidine rings is 1. The zero-order valence-corrected chi connectivity index (χ0v) is 24.8. The molecule has 9 nitrogen and oxygen atoms in total. The lowest BCUT2D eigenvalue weighted by Gasteiger charge is -2.33. The van der Waals surface area contributed by atoms with Crippen LogP contribution in [0.5, 0.6) is 5.75 Å². The number of anilines is 2. The molecule has 42 heavy (non-hydrogen) atoms. The van der Waals surface area contributed by atoms with Crippen LogP contribution >= 0.6 is 23.8 Å². The van der Waals surface area contributed by atoms with E-state index in [9.17, 15) is 10.1 Å². The predicted octanol–water partition coefficient (Wildman–Crippen LogP) is 7.33. The lowest BCUT2D eigenvalue weighted by atomic mass is 9.98. The second-order valence-corrected chi connectivity index (χ2v) is 11.4. The fourth-order valence-corrected chi connectivity index (χ4v) is 6.37. The molecular formula is C31H30ClN5O4S. The zero-order chi connectivity index (χ0) is 29.4. The predicted molar refractivity (Wildman–Crippen MR) is 167 cm³/mol. The van der Waals surface area contributed by atoms with Crippen molar-refractivity contribution >= 4 is 46.0 Å². The normalized spacial score (nSPS) is 19.2. The average Bonchev–Trinajstić information content (AvgIpc) is 3.62. The van der Waals surface area contributed by atoms with Gasteiger partial charge in [-0.3, -0.25) is 15.1 Å². The van der Waals surface area contributed by atoms with E-state index >= 15 is 0 Å². The summed E-state index contributed by atoms with van der Waals surface area (Å²) in [4.78, 5) is 19.8. The number of non-ortho nitro benzene ring substituents is 1. The van der Waals surface area contributed by atoms with Gasteiger partial charge in [0.05, 0.1) is 46.1 Å². The number of methoxy groups -OCH3 is 1. The second kappa shape index (κ2) is 11.6. The number of benzene rings is 2. The maximum Gasteiger partial charge on any atom is 0.273 e. The van der Waals surface area contributed by atoms with Crippen LogP contribution in [0, 0.1) is 16.0 Å². The topological polar surface area (TPSA) is 96.9 Å². The molecule has 2 atom stereocenters. The maximum atomic E-state index is 11.3. The molecule has 0 bridgehead atoms. The number of nitro groups is 1. The number of thiocarbonyl (C=S) groups is 1. The first-order valence-corrected chi connectivity index (χ1v) is 14.6. The van der Waals surface area contributed by atoms with Crippen molar-refractivity contribution in [3.05, 3.63) is 99.5 Å². The fraction of sp³-hybridized carbons (Fsp3) is 0.290. The Morgan fingerprint density at radius 3 is 2.62 bits per heavy atom. The van der Waals surface area contributed by atoms with E-state index in [4.69, 9.17) is 33.0 Å². The van der Waals surface area contributed by atoms with Crippen LogP contribution in [0.4, 0.5) is 17.1 Å². The third-order valence-electron chi connectivity index (χ3n) is 8.01. The molecule has 2 aliphatic rings. The number of nitrogens with zero attached hydrogens (tertiary/aromatic N) is 4. The lowest BCUT2D eigenvalue weighted by Crippen LogP contribution is -2.33. The second-order valence-electron chi connectivity index (χ2n) is 10.6. The van der Waals surface area contributed by atoms with Crippen LogP contribution < -0.4 is 19.9 Å². The molecular weight excluding hydrogens is 574 g/mol. The number of furan rings is 1. The van der Waals surface area contributed by atoms with Crippen molar-refractivity contribution < 1.29 is 14.1 Å². The molecule has 6 rings (SSSR count). The van der Waals surface area contributed by atoms with E-state index in [-0.39, 0.29) is 17.8 Å². The van der Waals surface area contributed by atoms with E-state index in [0.717, 1.165) is 48.9 Å². The molecule has 0 unspecified atom stereocenters. The first kappa shape index (κ1) is 28.0. The van der Waals surface area contributed by atoms with Crippen molar-refractivity contribution in [2.45, 2.75) is 31.8 Å². The third kappa shape index (κ3) is 5.28. The Labute approximate surface area is 254 Å². The number of pyridine rings is 1. The first-order valence-electron chi connectivity index (χ1n) is 13.8. The monoisotopic (exact) mass is 603 g/mol. The summed E-state index contributed by atoms with van der Waals surface area (Å²) in [7, 11) is 1.47. The maximum absolute atomic E-state index is 11.3. The molecule has 2 aromatic carbocycles. The van der Waals surface area contributed by atoms with Gasteiger partial charge in [0.1, 0.15) is 23.3 Å². The van der Waals surface area contributed by atoms with E-state index in [1.54, 1.807) is 12.3 Å². The zero-order valence-electron chi connectivity index (χ0n) is 23.2. The summed E-state index contributed by atoms with van der Waals surface area (Å²) in [5, 5.41) is 15.9. The molecule has 11 heteroatoms. The van der Waals surface area contributed by atoms with Crippen LogP contribution in [0.15, 0.2) is 77.3 Å². The molecule has 0 radical (unpaired) electrons. The van der Waals surface area contributed by atoms with E-state index in [1.807, 2.05) is 47.4 Å². The highest BCUT2D eigenvalue weighted by Crippen LogP contribution is 2.45. The van der Waals surface area contributed by atoms with Gasteiger partial charge >= 0.3 is 0 Å².